The Kier molecular flexibility index (Phi) is 5.37. The summed E-state index contributed by atoms with van der Waals surface area (Å²) in [6, 6.07) is 16.9. The first-order chi connectivity index (χ1) is 13.6. The van der Waals surface area contributed by atoms with Gasteiger partial charge in [0, 0.05) is 38.4 Å². The number of sulfonamides is 1. The van der Waals surface area contributed by atoms with E-state index in [2.05, 4.69) is 34.1 Å². The second kappa shape index (κ2) is 7.93. The van der Waals surface area contributed by atoms with Crippen molar-refractivity contribution in [2.45, 2.75) is 17.7 Å². The fourth-order valence-corrected chi connectivity index (χ4v) is 5.52. The molecule has 148 valence electrons. The number of benzene rings is 2. The molecule has 0 saturated carbocycles. The van der Waals surface area contributed by atoms with E-state index < -0.39 is 15.9 Å². The number of anilines is 1. The fourth-order valence-electron chi connectivity index (χ4n) is 3.91. The number of fused-ring (bicyclic) bond motifs is 1. The molecule has 2 aromatic carbocycles. The lowest BCUT2D eigenvalue weighted by atomic mass is 10.2. The molecule has 0 spiro atoms. The zero-order chi connectivity index (χ0) is 19.6. The van der Waals surface area contributed by atoms with Crippen molar-refractivity contribution in [3.8, 4) is 0 Å². The molecule has 0 radical (unpaired) electrons. The minimum absolute atomic E-state index is 0.136. The lowest BCUT2D eigenvalue weighted by molar-refractivity contribution is 0.0868. The van der Waals surface area contributed by atoms with Crippen LogP contribution in [0, 0.1) is 0 Å². The highest BCUT2D eigenvalue weighted by Gasteiger charge is 2.40. The van der Waals surface area contributed by atoms with Gasteiger partial charge in [-0.1, -0.05) is 30.3 Å². The molecule has 0 unspecified atom stereocenters. The number of hydrogen-bond acceptors (Lipinski definition) is 5. The molecule has 2 aliphatic rings. The maximum Gasteiger partial charge on any atom is 0.269 e. The van der Waals surface area contributed by atoms with Crippen molar-refractivity contribution in [1.29, 1.82) is 0 Å². The Morgan fingerprint density at radius 3 is 2.14 bits per heavy atom. The average Bonchev–Trinajstić information content (AvgIpc) is 2.93. The summed E-state index contributed by atoms with van der Waals surface area (Å²) in [5, 5.41) is 0. The van der Waals surface area contributed by atoms with E-state index in [-0.39, 0.29) is 11.4 Å². The van der Waals surface area contributed by atoms with E-state index in [1.54, 1.807) is 18.2 Å². The topological polar surface area (TPSA) is 60.9 Å². The molecular formula is C21H25N3O3S. The summed E-state index contributed by atoms with van der Waals surface area (Å²) in [5.74, 6) is -0.396. The maximum absolute atomic E-state index is 12.6. The first-order valence-corrected chi connectivity index (χ1v) is 11.2. The van der Waals surface area contributed by atoms with Crippen LogP contribution in [-0.4, -0.2) is 62.8 Å². The summed E-state index contributed by atoms with van der Waals surface area (Å²) in [7, 11) is -3.68. The molecule has 0 aromatic heterocycles. The zero-order valence-corrected chi connectivity index (χ0v) is 16.6. The first-order valence-electron chi connectivity index (χ1n) is 9.76. The molecule has 1 saturated heterocycles. The molecule has 0 aliphatic carbocycles. The van der Waals surface area contributed by atoms with Crippen molar-refractivity contribution in [2.24, 2.45) is 0 Å². The SMILES string of the molecule is O=C1c2ccccc2S(=O)(=O)N1CCCCN1CCN(c2ccccc2)CC1. The standard InChI is InChI=1S/C21H25N3O3S/c25-21-19-10-4-5-11-20(19)28(26,27)24(21)13-7-6-12-22-14-16-23(17-15-22)18-8-2-1-3-9-18/h1-5,8-11H,6-7,12-17H2. The molecule has 2 heterocycles. The van der Waals surface area contributed by atoms with Gasteiger partial charge in [-0.15, -0.1) is 0 Å². The van der Waals surface area contributed by atoms with Crippen molar-refractivity contribution in [2.75, 3.05) is 44.2 Å². The van der Waals surface area contributed by atoms with E-state index >= 15 is 0 Å². The van der Waals surface area contributed by atoms with Crippen LogP contribution in [0.4, 0.5) is 5.69 Å². The normalized spacial score (nSPS) is 19.1. The molecule has 2 aromatic rings. The quantitative estimate of drug-likeness (QED) is 0.699. The Labute approximate surface area is 166 Å². The van der Waals surface area contributed by atoms with Gasteiger partial charge in [-0.2, -0.15) is 0 Å². The highest BCUT2D eigenvalue weighted by Crippen LogP contribution is 2.30. The molecule has 0 N–H and O–H groups in total. The Morgan fingerprint density at radius 2 is 1.43 bits per heavy atom. The third-order valence-corrected chi connectivity index (χ3v) is 7.33. The number of piperazine rings is 1. The summed E-state index contributed by atoms with van der Waals surface area (Å²) >= 11 is 0. The molecule has 7 heteroatoms. The van der Waals surface area contributed by atoms with Gasteiger partial charge in [-0.25, -0.2) is 12.7 Å². The summed E-state index contributed by atoms with van der Waals surface area (Å²) < 4.78 is 26.1. The van der Waals surface area contributed by atoms with Gasteiger partial charge in [-0.05, 0) is 43.7 Å². The van der Waals surface area contributed by atoms with Gasteiger partial charge in [0.1, 0.15) is 4.90 Å². The van der Waals surface area contributed by atoms with Crippen LogP contribution in [-0.2, 0) is 10.0 Å². The summed E-state index contributed by atoms with van der Waals surface area (Å²) in [6.07, 6.45) is 1.55. The lowest BCUT2D eigenvalue weighted by Gasteiger charge is -2.36. The van der Waals surface area contributed by atoms with Gasteiger partial charge in [0.05, 0.1) is 5.56 Å². The van der Waals surface area contributed by atoms with Gasteiger partial charge in [0.25, 0.3) is 15.9 Å². The fraction of sp³-hybridized carbons (Fsp3) is 0.381. The first kappa shape index (κ1) is 19.0. The molecular weight excluding hydrogens is 374 g/mol. The predicted octanol–water partition coefficient (Wildman–Crippen LogP) is 2.43. The van der Waals surface area contributed by atoms with Gasteiger partial charge in [-0.3, -0.25) is 9.69 Å². The summed E-state index contributed by atoms with van der Waals surface area (Å²) in [6.45, 7) is 5.18. The van der Waals surface area contributed by atoms with Gasteiger partial charge >= 0.3 is 0 Å². The highest BCUT2D eigenvalue weighted by molar-refractivity contribution is 7.90. The number of unbranched alkanes of at least 4 members (excludes halogenated alkanes) is 1. The van der Waals surface area contributed by atoms with Gasteiger partial charge < -0.3 is 4.90 Å². The number of para-hydroxylation sites is 1. The predicted molar refractivity (Wildman–Crippen MR) is 109 cm³/mol. The summed E-state index contributed by atoms with van der Waals surface area (Å²) in [4.78, 5) is 17.3. The van der Waals surface area contributed by atoms with Crippen LogP contribution in [0.2, 0.25) is 0 Å². The minimum Gasteiger partial charge on any atom is -0.369 e. The number of carbonyl (C=O) groups is 1. The maximum atomic E-state index is 12.6. The Bertz CT molecular complexity index is 938. The summed E-state index contributed by atoms with van der Waals surface area (Å²) in [5.41, 5.74) is 1.55. The van der Waals surface area contributed by atoms with E-state index in [0.717, 1.165) is 43.4 Å². The largest absolute Gasteiger partial charge is 0.369 e. The van der Waals surface area contributed by atoms with Crippen LogP contribution in [0.25, 0.3) is 0 Å². The van der Waals surface area contributed by atoms with Crippen LogP contribution in [0.15, 0.2) is 59.5 Å². The third-order valence-electron chi connectivity index (χ3n) is 5.49. The van der Waals surface area contributed by atoms with E-state index in [0.29, 0.717) is 12.0 Å². The van der Waals surface area contributed by atoms with Crippen LogP contribution < -0.4 is 4.90 Å². The number of nitrogens with zero attached hydrogens (tertiary/aromatic N) is 3. The molecule has 28 heavy (non-hydrogen) atoms. The van der Waals surface area contributed by atoms with E-state index in [9.17, 15) is 13.2 Å². The van der Waals surface area contributed by atoms with E-state index in [1.165, 1.54) is 11.8 Å². The Balaban J connectivity index is 1.24. The third kappa shape index (κ3) is 3.64. The monoisotopic (exact) mass is 399 g/mol. The average molecular weight is 400 g/mol. The van der Waals surface area contributed by atoms with Crippen molar-refractivity contribution >= 4 is 21.6 Å². The number of amides is 1. The van der Waals surface area contributed by atoms with Crippen molar-refractivity contribution < 1.29 is 13.2 Å². The van der Waals surface area contributed by atoms with Crippen LogP contribution >= 0.6 is 0 Å². The molecule has 0 bridgehead atoms. The molecule has 2 aliphatic heterocycles. The second-order valence-electron chi connectivity index (χ2n) is 7.25. The Morgan fingerprint density at radius 1 is 0.786 bits per heavy atom. The Hall–Kier alpha value is -2.38. The number of rotatable bonds is 6. The van der Waals surface area contributed by atoms with Crippen molar-refractivity contribution in [1.82, 2.24) is 9.21 Å². The molecule has 6 nitrogen and oxygen atoms in total. The van der Waals surface area contributed by atoms with Gasteiger partial charge in [0.2, 0.25) is 0 Å². The zero-order valence-electron chi connectivity index (χ0n) is 15.8. The number of hydrogen-bond donors (Lipinski definition) is 0. The molecule has 4 rings (SSSR count). The second-order valence-corrected chi connectivity index (χ2v) is 9.08. The van der Waals surface area contributed by atoms with Crippen molar-refractivity contribution in [3.05, 3.63) is 60.2 Å². The van der Waals surface area contributed by atoms with Crippen molar-refractivity contribution in [3.63, 3.8) is 0 Å². The molecule has 1 amide bonds. The van der Waals surface area contributed by atoms with E-state index in [4.69, 9.17) is 0 Å². The highest BCUT2D eigenvalue weighted by atomic mass is 32.2. The van der Waals surface area contributed by atoms with Gasteiger partial charge in [0.15, 0.2) is 0 Å². The molecule has 0 atom stereocenters. The van der Waals surface area contributed by atoms with Crippen LogP contribution in [0.5, 0.6) is 0 Å². The molecule has 1 fully saturated rings. The lowest BCUT2D eigenvalue weighted by Crippen LogP contribution is -2.46. The van der Waals surface area contributed by atoms with E-state index in [1.807, 2.05) is 6.07 Å². The smallest absolute Gasteiger partial charge is 0.269 e. The minimum atomic E-state index is -3.68. The van der Waals surface area contributed by atoms with Crippen LogP contribution in [0.3, 0.4) is 0 Å². The number of carbonyl (C=O) groups excluding carboxylic acids is 1. The van der Waals surface area contributed by atoms with Crippen LogP contribution in [0.1, 0.15) is 23.2 Å².